The maximum Gasteiger partial charge on any atom is 0.335 e. The highest BCUT2D eigenvalue weighted by Crippen LogP contribution is 2.39. The van der Waals surface area contributed by atoms with Gasteiger partial charge in [-0.1, -0.05) is 69.3 Å². The van der Waals surface area contributed by atoms with Gasteiger partial charge in [0.05, 0.1) is 31.1 Å². The smallest absolute Gasteiger partial charge is 0.335 e. The third kappa shape index (κ3) is 16.5. The lowest BCUT2D eigenvalue weighted by Gasteiger charge is -2.30. The average Bonchev–Trinajstić information content (AvgIpc) is 3.41. The molecule has 17 nitrogen and oxygen atoms in total. The second-order valence-corrected chi connectivity index (χ2v) is 17.9. The number of hydroxylamine groups is 2. The van der Waals surface area contributed by atoms with Gasteiger partial charge < -0.3 is 39.9 Å². The van der Waals surface area contributed by atoms with E-state index in [0.717, 1.165) is 0 Å². The Morgan fingerprint density at radius 3 is 1.70 bits per heavy atom. The van der Waals surface area contributed by atoms with Crippen LogP contribution >= 0.6 is 15.2 Å². The molecule has 4 unspecified atom stereocenters. The van der Waals surface area contributed by atoms with Crippen LogP contribution < -0.4 is 10.6 Å². The van der Waals surface area contributed by atoms with E-state index in [1.54, 1.807) is 67.3 Å². The van der Waals surface area contributed by atoms with Gasteiger partial charge in [0.15, 0.2) is 0 Å². The van der Waals surface area contributed by atoms with Crippen LogP contribution in [0.5, 0.6) is 0 Å². The van der Waals surface area contributed by atoms with E-state index in [1.165, 1.54) is 6.92 Å². The van der Waals surface area contributed by atoms with Crippen LogP contribution in [0.3, 0.4) is 0 Å². The number of hydrogen-bond acceptors (Lipinski definition) is 9. The molecule has 1 aliphatic heterocycles. The molecule has 1 aliphatic rings. The second kappa shape index (κ2) is 20.8. The van der Waals surface area contributed by atoms with Crippen molar-refractivity contribution in [1.29, 1.82) is 0 Å². The Labute approximate surface area is 325 Å². The van der Waals surface area contributed by atoms with Crippen molar-refractivity contribution in [3.8, 4) is 0 Å². The van der Waals surface area contributed by atoms with E-state index in [0.29, 0.717) is 33.7 Å². The molecule has 0 aromatic heterocycles. The summed E-state index contributed by atoms with van der Waals surface area (Å²) in [6, 6.07) is 12.4. The van der Waals surface area contributed by atoms with Crippen molar-refractivity contribution in [3.63, 3.8) is 0 Å². The van der Waals surface area contributed by atoms with Crippen molar-refractivity contribution in [3.05, 3.63) is 70.8 Å². The minimum absolute atomic E-state index is 0.0249. The first kappa shape index (κ1) is 46.1. The van der Waals surface area contributed by atoms with Crippen molar-refractivity contribution in [2.75, 3.05) is 19.6 Å². The second-order valence-electron chi connectivity index (χ2n) is 14.6. The Bertz CT molecular complexity index is 1790. The Hall–Kier alpha value is -4.24. The Morgan fingerprint density at radius 2 is 1.21 bits per heavy atom. The molecule has 5 amide bonds. The fourth-order valence-corrected chi connectivity index (χ4v) is 7.45. The van der Waals surface area contributed by atoms with Gasteiger partial charge in [0.2, 0.25) is 17.7 Å². The van der Waals surface area contributed by atoms with Crippen LogP contribution in [0.15, 0.2) is 48.5 Å². The van der Waals surface area contributed by atoms with E-state index in [1.807, 2.05) is 6.92 Å². The first-order valence-corrected chi connectivity index (χ1v) is 21.8. The van der Waals surface area contributed by atoms with E-state index >= 15 is 0 Å². The summed E-state index contributed by atoms with van der Waals surface area (Å²) in [5.41, 5.74) is 2.18. The van der Waals surface area contributed by atoms with E-state index in [9.17, 15) is 57.5 Å². The summed E-state index contributed by atoms with van der Waals surface area (Å²) in [5.74, 6) is -4.66. The normalized spacial score (nSPS) is 15.5. The summed E-state index contributed by atoms with van der Waals surface area (Å²) in [5, 5.41) is 6.23. The predicted octanol–water partition coefficient (Wildman–Crippen LogP) is 2.57. The molecule has 1 fully saturated rings. The summed E-state index contributed by atoms with van der Waals surface area (Å²) in [6.07, 6.45) is -0.436. The highest BCUT2D eigenvalue weighted by Gasteiger charge is 2.35. The molecule has 1 saturated heterocycles. The van der Waals surface area contributed by atoms with Crippen LogP contribution in [0, 0.1) is 17.8 Å². The van der Waals surface area contributed by atoms with Gasteiger partial charge in [0.1, 0.15) is 0 Å². The number of imide groups is 1. The zero-order chi connectivity index (χ0) is 41.8. The highest BCUT2D eigenvalue weighted by atomic mass is 31.2. The molecule has 1 heterocycles. The predicted molar refractivity (Wildman–Crippen MR) is 203 cm³/mol. The first-order valence-electron chi connectivity index (χ1n) is 18.3. The molecule has 0 aliphatic carbocycles. The fraction of sp³-hybridized carbons (Fsp3) is 0.514. The van der Waals surface area contributed by atoms with Gasteiger partial charge in [-0.25, -0.2) is 4.79 Å². The van der Waals surface area contributed by atoms with Crippen molar-refractivity contribution in [2.45, 2.75) is 84.6 Å². The molecule has 2 aromatic carbocycles. The largest absolute Gasteiger partial charge is 0.355 e. The molecule has 0 radical (unpaired) electrons. The number of amides is 5. The van der Waals surface area contributed by atoms with Crippen LogP contribution in [0.2, 0.25) is 0 Å². The van der Waals surface area contributed by atoms with Gasteiger partial charge in [-0.2, -0.15) is 0 Å². The summed E-state index contributed by atoms with van der Waals surface area (Å²) >= 11 is 0. The first-order chi connectivity index (χ1) is 26.1. The van der Waals surface area contributed by atoms with E-state index in [4.69, 9.17) is 4.84 Å². The number of carbonyl (C=O) groups excluding carboxylic acids is 6. The summed E-state index contributed by atoms with van der Waals surface area (Å²) in [6.45, 7) is 7.48. The van der Waals surface area contributed by atoms with Gasteiger partial charge in [-0.15, -0.1) is 5.06 Å². The van der Waals surface area contributed by atoms with Crippen molar-refractivity contribution >= 4 is 50.7 Å². The molecular weight excluding hydrogens is 770 g/mol. The molecule has 0 saturated carbocycles. The molecule has 56 heavy (non-hydrogen) atoms. The number of hydrogen-bond donors (Lipinski definition) is 6. The van der Waals surface area contributed by atoms with Gasteiger partial charge in [-0.05, 0) is 47.9 Å². The minimum Gasteiger partial charge on any atom is -0.355 e. The third-order valence-electron chi connectivity index (χ3n) is 9.00. The number of carbonyl (C=O) groups is 6. The van der Waals surface area contributed by atoms with E-state index in [2.05, 4.69) is 10.6 Å². The standard InChI is InChI=1S/C37H52N4O13P2/c1-24(20-38-32(42)18-28-5-9-30(10-6-28)22-55(48,49)50)21-40(36(46)25(2)17-26(3)37(47)54-41-34(44)13-14-35(41)45)16-15-27(4)39-33(43)19-29-7-11-31(12-8-29)23-56(51,52)53/h5-12,24-27H,13-23H2,1-4H3,(H,38,42)(H,39,43)(H2,48,49,50)(H2,51,52,53). The molecule has 3 rings (SSSR count). The number of benzene rings is 2. The maximum atomic E-state index is 13.9. The Morgan fingerprint density at radius 1 is 0.750 bits per heavy atom. The average molecular weight is 823 g/mol. The number of rotatable bonds is 21. The van der Waals surface area contributed by atoms with Crippen molar-refractivity contribution < 1.29 is 62.3 Å². The van der Waals surface area contributed by atoms with Gasteiger partial charge in [-0.3, -0.25) is 33.1 Å². The fourth-order valence-electron chi connectivity index (χ4n) is 6.08. The van der Waals surface area contributed by atoms with Crippen LogP contribution in [-0.2, 0) is 67.9 Å². The number of nitrogens with zero attached hydrogens (tertiary/aromatic N) is 2. The molecule has 0 bridgehead atoms. The molecule has 0 spiro atoms. The quantitative estimate of drug-likeness (QED) is 0.0783. The van der Waals surface area contributed by atoms with E-state index in [-0.39, 0.29) is 81.4 Å². The lowest BCUT2D eigenvalue weighted by molar-refractivity contribution is -0.200. The summed E-state index contributed by atoms with van der Waals surface area (Å²) in [4.78, 5) is 119. The zero-order valence-electron chi connectivity index (χ0n) is 32.0. The molecular formula is C37H52N4O13P2. The molecule has 2 aromatic rings. The van der Waals surface area contributed by atoms with Crippen LogP contribution in [0.4, 0.5) is 0 Å². The molecule has 308 valence electrons. The van der Waals surface area contributed by atoms with Gasteiger partial charge >= 0.3 is 21.2 Å². The van der Waals surface area contributed by atoms with Crippen molar-refractivity contribution in [1.82, 2.24) is 20.6 Å². The van der Waals surface area contributed by atoms with Gasteiger partial charge in [0, 0.05) is 44.4 Å². The van der Waals surface area contributed by atoms with Gasteiger partial charge in [0.25, 0.3) is 11.8 Å². The topological polar surface area (TPSA) is 257 Å². The van der Waals surface area contributed by atoms with Crippen LogP contribution in [0.25, 0.3) is 0 Å². The molecule has 6 N–H and O–H groups in total. The third-order valence-corrected chi connectivity index (χ3v) is 10.6. The summed E-state index contributed by atoms with van der Waals surface area (Å²) < 4.78 is 22.5. The summed E-state index contributed by atoms with van der Waals surface area (Å²) in [7, 11) is -8.45. The molecule has 19 heteroatoms. The molecule has 4 atom stereocenters. The minimum atomic E-state index is -4.23. The Kier molecular flexibility index (Phi) is 17.1. The monoisotopic (exact) mass is 822 g/mol. The lowest BCUT2D eigenvalue weighted by Crippen LogP contribution is -2.44. The zero-order valence-corrected chi connectivity index (χ0v) is 33.7. The SMILES string of the molecule is CC(CNC(=O)Cc1ccc(CP(=O)(O)O)cc1)CN(CCC(C)NC(=O)Cc1ccc(CP(=O)(O)O)cc1)C(=O)C(C)CC(C)C(=O)ON1C(=O)CCC1=O. The van der Waals surface area contributed by atoms with Crippen LogP contribution in [-0.4, -0.2) is 90.7 Å². The van der Waals surface area contributed by atoms with Crippen LogP contribution in [0.1, 0.15) is 75.6 Å². The van der Waals surface area contributed by atoms with Crippen molar-refractivity contribution in [2.24, 2.45) is 17.8 Å². The van der Waals surface area contributed by atoms with E-state index < -0.39 is 57.1 Å². The lowest BCUT2D eigenvalue weighted by atomic mass is 9.95. The highest BCUT2D eigenvalue weighted by molar-refractivity contribution is 7.51. The maximum absolute atomic E-state index is 13.9. The Balaban J connectivity index is 1.60. The number of nitrogens with one attached hydrogen (secondary N) is 2.